The minimum Gasteiger partial charge on any atom is -0.338 e. The van der Waals surface area contributed by atoms with Crippen LogP contribution in [0.15, 0.2) is 36.4 Å². The number of nitrogens with zero attached hydrogens (tertiary/aromatic N) is 1. The number of aryl methyl sites for hydroxylation is 1. The van der Waals surface area contributed by atoms with E-state index in [1.165, 1.54) is 11.6 Å². The highest BCUT2D eigenvalue weighted by Gasteiger charge is 2.12. The van der Waals surface area contributed by atoms with E-state index in [0.29, 0.717) is 11.4 Å². The highest BCUT2D eigenvalue weighted by atomic mass is 35.5. The molecule has 0 aliphatic carbocycles. The summed E-state index contributed by atoms with van der Waals surface area (Å²) < 4.78 is 14.0. The number of halogens is 2. The van der Waals surface area contributed by atoms with E-state index in [1.807, 2.05) is 18.2 Å². The molecule has 0 fully saturated rings. The summed E-state index contributed by atoms with van der Waals surface area (Å²) in [7, 11) is 0. The Labute approximate surface area is 115 Å². The number of aromatic amines is 1. The van der Waals surface area contributed by atoms with E-state index in [0.717, 1.165) is 17.5 Å². The molecule has 4 heteroatoms. The van der Waals surface area contributed by atoms with E-state index in [2.05, 4.69) is 16.9 Å². The summed E-state index contributed by atoms with van der Waals surface area (Å²) in [6.45, 7) is 2.09. The fourth-order valence-corrected chi connectivity index (χ4v) is 2.27. The molecule has 2 nitrogen and oxygen atoms in total. The molecule has 0 atom stereocenters. The molecule has 0 unspecified atom stereocenters. The molecule has 2 aromatic carbocycles. The zero-order valence-corrected chi connectivity index (χ0v) is 11.1. The molecule has 0 bridgehead atoms. The molecule has 3 aromatic rings. The largest absolute Gasteiger partial charge is 0.338 e. The average Bonchev–Trinajstić information content (AvgIpc) is 2.84. The summed E-state index contributed by atoms with van der Waals surface area (Å²) in [5, 5.41) is 0.104. The van der Waals surface area contributed by atoms with Gasteiger partial charge in [-0.05, 0) is 36.2 Å². The van der Waals surface area contributed by atoms with E-state index in [9.17, 15) is 4.39 Å². The summed E-state index contributed by atoms with van der Waals surface area (Å²) in [6, 6.07) is 10.9. The third-order valence-corrected chi connectivity index (χ3v) is 3.45. The van der Waals surface area contributed by atoms with Crippen LogP contribution in [0.1, 0.15) is 12.5 Å². The van der Waals surface area contributed by atoms with Crippen LogP contribution in [0.25, 0.3) is 22.4 Å². The molecule has 3 rings (SSSR count). The topological polar surface area (TPSA) is 28.7 Å². The smallest absolute Gasteiger partial charge is 0.152 e. The normalized spacial score (nSPS) is 11.1. The molecule has 0 amide bonds. The fraction of sp³-hybridized carbons (Fsp3) is 0.133. The first kappa shape index (κ1) is 12.2. The number of hydrogen-bond donors (Lipinski definition) is 1. The lowest BCUT2D eigenvalue weighted by molar-refractivity contribution is 0.630. The Morgan fingerprint density at radius 1 is 1.26 bits per heavy atom. The Kier molecular flexibility index (Phi) is 2.99. The van der Waals surface area contributed by atoms with Gasteiger partial charge in [-0.25, -0.2) is 9.37 Å². The molecule has 1 N–H and O–H groups in total. The van der Waals surface area contributed by atoms with Crippen molar-refractivity contribution in [3.05, 3.63) is 52.8 Å². The van der Waals surface area contributed by atoms with Gasteiger partial charge in [0.2, 0.25) is 0 Å². The summed E-state index contributed by atoms with van der Waals surface area (Å²) >= 11 is 5.79. The van der Waals surface area contributed by atoms with Gasteiger partial charge in [0.1, 0.15) is 5.82 Å². The SMILES string of the molecule is CCc1ccc2nc(-c3cccc(Cl)c3F)[nH]c2c1. The second kappa shape index (κ2) is 4.67. The fourth-order valence-electron chi connectivity index (χ4n) is 2.09. The molecule has 0 saturated heterocycles. The van der Waals surface area contributed by atoms with Crippen LogP contribution in [-0.2, 0) is 6.42 Å². The molecule has 96 valence electrons. The predicted octanol–water partition coefficient (Wildman–Crippen LogP) is 4.58. The molecule has 1 aromatic heterocycles. The molecular weight excluding hydrogens is 263 g/mol. The van der Waals surface area contributed by atoms with Crippen molar-refractivity contribution in [2.45, 2.75) is 13.3 Å². The van der Waals surface area contributed by atoms with Crippen LogP contribution >= 0.6 is 11.6 Å². The Morgan fingerprint density at radius 2 is 2.11 bits per heavy atom. The number of rotatable bonds is 2. The van der Waals surface area contributed by atoms with Crippen molar-refractivity contribution in [1.29, 1.82) is 0 Å². The van der Waals surface area contributed by atoms with Gasteiger partial charge in [0.05, 0.1) is 21.6 Å². The summed E-state index contributed by atoms with van der Waals surface area (Å²) in [6.07, 6.45) is 0.954. The van der Waals surface area contributed by atoms with Crippen LogP contribution in [0.5, 0.6) is 0 Å². The van der Waals surface area contributed by atoms with Gasteiger partial charge in [-0.3, -0.25) is 0 Å². The summed E-state index contributed by atoms with van der Waals surface area (Å²) in [5.41, 5.74) is 3.34. The Hall–Kier alpha value is -1.87. The number of benzene rings is 2. The number of nitrogens with one attached hydrogen (secondary N) is 1. The van der Waals surface area contributed by atoms with Gasteiger partial charge >= 0.3 is 0 Å². The highest BCUT2D eigenvalue weighted by Crippen LogP contribution is 2.27. The molecule has 0 saturated carbocycles. The molecule has 0 radical (unpaired) electrons. The van der Waals surface area contributed by atoms with E-state index in [-0.39, 0.29) is 5.02 Å². The zero-order chi connectivity index (χ0) is 13.4. The van der Waals surface area contributed by atoms with Crippen molar-refractivity contribution in [3.8, 4) is 11.4 Å². The molecular formula is C15H12ClFN2. The number of imidazole rings is 1. The van der Waals surface area contributed by atoms with Gasteiger partial charge in [0.25, 0.3) is 0 Å². The van der Waals surface area contributed by atoms with E-state index in [4.69, 9.17) is 11.6 Å². The zero-order valence-electron chi connectivity index (χ0n) is 10.4. The number of aromatic nitrogens is 2. The van der Waals surface area contributed by atoms with Gasteiger partial charge in [-0.2, -0.15) is 0 Å². The second-order valence-corrected chi connectivity index (χ2v) is 4.80. The van der Waals surface area contributed by atoms with Crippen molar-refractivity contribution in [1.82, 2.24) is 9.97 Å². The van der Waals surface area contributed by atoms with Gasteiger partial charge in [-0.15, -0.1) is 0 Å². The minimum atomic E-state index is -0.445. The van der Waals surface area contributed by atoms with Crippen molar-refractivity contribution in [3.63, 3.8) is 0 Å². The standard InChI is InChI=1S/C15H12ClFN2/c1-2-9-6-7-12-13(8-9)19-15(18-12)10-4-3-5-11(16)14(10)17/h3-8H,2H2,1H3,(H,18,19). The first-order chi connectivity index (χ1) is 9.19. The van der Waals surface area contributed by atoms with Crippen LogP contribution in [0.2, 0.25) is 5.02 Å². The number of H-pyrrole nitrogens is 1. The Bertz CT molecular complexity index is 749. The maximum absolute atomic E-state index is 14.0. The van der Waals surface area contributed by atoms with E-state index in [1.54, 1.807) is 12.1 Å². The first-order valence-electron chi connectivity index (χ1n) is 6.12. The average molecular weight is 275 g/mol. The molecule has 19 heavy (non-hydrogen) atoms. The number of hydrogen-bond acceptors (Lipinski definition) is 1. The lowest BCUT2D eigenvalue weighted by atomic mass is 10.1. The van der Waals surface area contributed by atoms with E-state index >= 15 is 0 Å². The van der Waals surface area contributed by atoms with Gasteiger partial charge in [0, 0.05) is 0 Å². The summed E-state index contributed by atoms with van der Waals surface area (Å²) in [4.78, 5) is 7.55. The summed E-state index contributed by atoms with van der Waals surface area (Å²) in [5.74, 6) is 0.0576. The second-order valence-electron chi connectivity index (χ2n) is 4.39. The van der Waals surface area contributed by atoms with Crippen molar-refractivity contribution in [2.24, 2.45) is 0 Å². The minimum absolute atomic E-state index is 0.104. The lowest BCUT2D eigenvalue weighted by Gasteiger charge is -2.00. The van der Waals surface area contributed by atoms with Crippen molar-refractivity contribution < 1.29 is 4.39 Å². The van der Waals surface area contributed by atoms with Crippen LogP contribution in [0.3, 0.4) is 0 Å². The molecule has 0 aliphatic heterocycles. The van der Waals surface area contributed by atoms with Gasteiger partial charge in [-0.1, -0.05) is 30.7 Å². The van der Waals surface area contributed by atoms with Crippen LogP contribution in [-0.4, -0.2) is 9.97 Å². The Balaban J connectivity index is 2.18. The van der Waals surface area contributed by atoms with Crippen LogP contribution < -0.4 is 0 Å². The van der Waals surface area contributed by atoms with E-state index < -0.39 is 5.82 Å². The lowest BCUT2D eigenvalue weighted by Crippen LogP contribution is -1.87. The maximum atomic E-state index is 14.0. The van der Waals surface area contributed by atoms with Gasteiger partial charge in [0.15, 0.2) is 5.82 Å². The third kappa shape index (κ3) is 2.10. The van der Waals surface area contributed by atoms with Crippen LogP contribution in [0.4, 0.5) is 4.39 Å². The Morgan fingerprint density at radius 3 is 2.89 bits per heavy atom. The van der Waals surface area contributed by atoms with Gasteiger partial charge < -0.3 is 4.98 Å². The number of fused-ring (bicyclic) bond motifs is 1. The van der Waals surface area contributed by atoms with Crippen molar-refractivity contribution >= 4 is 22.6 Å². The molecule has 0 spiro atoms. The third-order valence-electron chi connectivity index (χ3n) is 3.16. The molecule has 0 aliphatic rings. The molecule has 1 heterocycles. The quantitative estimate of drug-likeness (QED) is 0.728. The predicted molar refractivity (Wildman–Crippen MR) is 75.9 cm³/mol. The van der Waals surface area contributed by atoms with Crippen molar-refractivity contribution in [2.75, 3.05) is 0 Å². The maximum Gasteiger partial charge on any atom is 0.152 e. The monoisotopic (exact) mass is 274 g/mol. The highest BCUT2D eigenvalue weighted by molar-refractivity contribution is 6.31. The first-order valence-corrected chi connectivity index (χ1v) is 6.50. The van der Waals surface area contributed by atoms with Crippen LogP contribution in [0, 0.1) is 5.82 Å².